The number of nitrogens with one attached hydrogen (secondary N) is 1. The minimum absolute atomic E-state index is 0.245. The summed E-state index contributed by atoms with van der Waals surface area (Å²) < 4.78 is 1.22. The molecule has 0 unspecified atom stereocenters. The largest absolute Gasteiger partial charge is 0.312 e. The summed E-state index contributed by atoms with van der Waals surface area (Å²) in [6.45, 7) is 9.98. The van der Waals surface area contributed by atoms with E-state index in [0.717, 1.165) is 13.1 Å². The average Bonchev–Trinajstić information content (AvgIpc) is 2.61. The number of halogens is 1. The summed E-state index contributed by atoms with van der Waals surface area (Å²) in [4.78, 5) is 2.39. The molecule has 1 heterocycles. The van der Waals surface area contributed by atoms with Crippen molar-refractivity contribution in [1.82, 2.24) is 10.2 Å². The molecule has 104 valence electrons. The van der Waals surface area contributed by atoms with E-state index in [-0.39, 0.29) is 5.54 Å². The van der Waals surface area contributed by atoms with Gasteiger partial charge in [-0.2, -0.15) is 0 Å². The van der Waals surface area contributed by atoms with Crippen LogP contribution in [0.1, 0.15) is 39.2 Å². The zero-order chi connectivity index (χ0) is 13.6. The standard InChI is InChI=1S/C14H25BrN2S/c1-14(2,3)16-7-5-6-8-17(4)10-12-9-13(15)18-11-12/h9,11,16H,5-8,10H2,1-4H3. The highest BCUT2D eigenvalue weighted by atomic mass is 79.9. The highest BCUT2D eigenvalue weighted by Crippen LogP contribution is 2.21. The van der Waals surface area contributed by atoms with E-state index in [1.165, 1.54) is 28.7 Å². The Hall–Kier alpha value is 0.100. The van der Waals surface area contributed by atoms with Crippen molar-refractivity contribution in [3.05, 3.63) is 20.8 Å². The number of rotatable bonds is 7. The normalized spacial score (nSPS) is 12.3. The Morgan fingerprint density at radius 1 is 1.33 bits per heavy atom. The van der Waals surface area contributed by atoms with E-state index in [1.54, 1.807) is 11.3 Å². The van der Waals surface area contributed by atoms with Crippen molar-refractivity contribution in [1.29, 1.82) is 0 Å². The van der Waals surface area contributed by atoms with Gasteiger partial charge in [-0.25, -0.2) is 0 Å². The first-order valence-electron chi connectivity index (χ1n) is 6.53. The van der Waals surface area contributed by atoms with Gasteiger partial charge in [0.15, 0.2) is 0 Å². The maximum Gasteiger partial charge on any atom is 0.0701 e. The Balaban J connectivity index is 2.09. The summed E-state index contributed by atoms with van der Waals surface area (Å²) in [6, 6.07) is 2.21. The lowest BCUT2D eigenvalue weighted by atomic mass is 10.1. The Labute approximate surface area is 124 Å². The molecule has 0 fully saturated rings. The summed E-state index contributed by atoms with van der Waals surface area (Å²) in [5, 5.41) is 5.75. The second-order valence-corrected chi connectivity index (χ2v) is 8.17. The number of thiophene rings is 1. The Morgan fingerprint density at radius 2 is 2.06 bits per heavy atom. The molecule has 1 aromatic rings. The van der Waals surface area contributed by atoms with Crippen LogP contribution >= 0.6 is 27.3 Å². The maximum absolute atomic E-state index is 3.53. The van der Waals surface area contributed by atoms with Gasteiger partial charge >= 0.3 is 0 Å². The van der Waals surface area contributed by atoms with Gasteiger partial charge < -0.3 is 10.2 Å². The molecule has 4 heteroatoms. The molecule has 0 aliphatic rings. The van der Waals surface area contributed by atoms with E-state index in [2.05, 4.69) is 65.4 Å². The van der Waals surface area contributed by atoms with Crippen LogP contribution in [0.15, 0.2) is 15.2 Å². The number of nitrogens with zero attached hydrogens (tertiary/aromatic N) is 1. The van der Waals surface area contributed by atoms with E-state index in [4.69, 9.17) is 0 Å². The molecule has 1 aromatic heterocycles. The third-order valence-electron chi connectivity index (χ3n) is 2.70. The summed E-state index contributed by atoms with van der Waals surface area (Å²) in [7, 11) is 2.20. The molecule has 0 aliphatic carbocycles. The van der Waals surface area contributed by atoms with Crippen LogP contribution < -0.4 is 5.32 Å². The monoisotopic (exact) mass is 332 g/mol. The van der Waals surface area contributed by atoms with Crippen LogP contribution in [0, 0.1) is 0 Å². The zero-order valence-electron chi connectivity index (χ0n) is 11.9. The van der Waals surface area contributed by atoms with Crippen LogP contribution in [0.2, 0.25) is 0 Å². The first kappa shape index (κ1) is 16.2. The van der Waals surface area contributed by atoms with Crippen LogP contribution in [0.3, 0.4) is 0 Å². The summed E-state index contributed by atoms with van der Waals surface area (Å²) >= 11 is 5.27. The molecule has 0 spiro atoms. The van der Waals surface area contributed by atoms with Crippen molar-refractivity contribution in [2.24, 2.45) is 0 Å². The second kappa shape index (κ2) is 7.63. The fourth-order valence-corrected chi connectivity index (χ4v) is 2.99. The van der Waals surface area contributed by atoms with Crippen LogP contribution in [0.5, 0.6) is 0 Å². The molecule has 2 nitrogen and oxygen atoms in total. The summed E-state index contributed by atoms with van der Waals surface area (Å²) in [5.41, 5.74) is 1.65. The fraction of sp³-hybridized carbons (Fsp3) is 0.714. The van der Waals surface area contributed by atoms with E-state index < -0.39 is 0 Å². The smallest absolute Gasteiger partial charge is 0.0701 e. The van der Waals surface area contributed by atoms with Gasteiger partial charge in [0.05, 0.1) is 3.79 Å². The maximum atomic E-state index is 3.53. The van der Waals surface area contributed by atoms with Crippen molar-refractivity contribution in [3.8, 4) is 0 Å². The van der Waals surface area contributed by atoms with E-state index in [1.807, 2.05) is 0 Å². The Bertz CT molecular complexity index is 344. The summed E-state index contributed by atoms with van der Waals surface area (Å²) in [5.74, 6) is 0. The zero-order valence-corrected chi connectivity index (χ0v) is 14.3. The third kappa shape index (κ3) is 7.52. The van der Waals surface area contributed by atoms with Gasteiger partial charge in [-0.1, -0.05) is 0 Å². The minimum atomic E-state index is 0.245. The first-order valence-corrected chi connectivity index (χ1v) is 8.20. The van der Waals surface area contributed by atoms with Crippen LogP contribution in [0.25, 0.3) is 0 Å². The predicted octanol–water partition coefficient (Wildman–Crippen LogP) is 4.11. The molecule has 1 N–H and O–H groups in total. The molecule has 0 aromatic carbocycles. The molecule has 0 radical (unpaired) electrons. The number of unbranched alkanes of at least 4 members (excludes halogenated alkanes) is 1. The lowest BCUT2D eigenvalue weighted by Gasteiger charge is -2.21. The predicted molar refractivity (Wildman–Crippen MR) is 85.3 cm³/mol. The molecule has 0 amide bonds. The first-order chi connectivity index (χ1) is 8.37. The van der Waals surface area contributed by atoms with E-state index in [0.29, 0.717) is 0 Å². The second-order valence-electron chi connectivity index (χ2n) is 5.88. The quantitative estimate of drug-likeness (QED) is 0.756. The molecule has 18 heavy (non-hydrogen) atoms. The van der Waals surface area contributed by atoms with Gasteiger partial charge in [0, 0.05) is 12.1 Å². The molecular formula is C14H25BrN2S. The minimum Gasteiger partial charge on any atom is -0.312 e. The SMILES string of the molecule is CN(CCCCNC(C)(C)C)Cc1csc(Br)c1. The molecule has 0 saturated carbocycles. The third-order valence-corrected chi connectivity index (χ3v) is 4.25. The topological polar surface area (TPSA) is 15.3 Å². The van der Waals surface area contributed by atoms with Crippen molar-refractivity contribution in [2.45, 2.75) is 45.7 Å². The van der Waals surface area contributed by atoms with Gasteiger partial charge in [-0.05, 0) is 86.7 Å². The number of hydrogen-bond donors (Lipinski definition) is 1. The van der Waals surface area contributed by atoms with Gasteiger partial charge in [0.2, 0.25) is 0 Å². The van der Waals surface area contributed by atoms with Crippen molar-refractivity contribution >= 4 is 27.3 Å². The van der Waals surface area contributed by atoms with Gasteiger partial charge in [0.1, 0.15) is 0 Å². The fourth-order valence-electron chi connectivity index (χ4n) is 1.79. The lowest BCUT2D eigenvalue weighted by Crippen LogP contribution is -2.36. The molecule has 1 rings (SSSR count). The Morgan fingerprint density at radius 3 is 2.61 bits per heavy atom. The molecule has 0 aliphatic heterocycles. The van der Waals surface area contributed by atoms with E-state index in [9.17, 15) is 0 Å². The van der Waals surface area contributed by atoms with Gasteiger partial charge in [0.25, 0.3) is 0 Å². The van der Waals surface area contributed by atoms with Crippen molar-refractivity contribution in [2.75, 3.05) is 20.1 Å². The molecular weight excluding hydrogens is 308 g/mol. The van der Waals surface area contributed by atoms with Crippen LogP contribution in [-0.4, -0.2) is 30.6 Å². The van der Waals surface area contributed by atoms with Crippen LogP contribution in [0.4, 0.5) is 0 Å². The Kier molecular flexibility index (Phi) is 6.85. The molecule has 0 bridgehead atoms. The lowest BCUT2D eigenvalue weighted by molar-refractivity contribution is 0.314. The van der Waals surface area contributed by atoms with Crippen LogP contribution in [-0.2, 0) is 6.54 Å². The number of hydrogen-bond acceptors (Lipinski definition) is 3. The molecule has 0 saturated heterocycles. The van der Waals surface area contributed by atoms with Crippen molar-refractivity contribution in [3.63, 3.8) is 0 Å². The highest BCUT2D eigenvalue weighted by Gasteiger charge is 2.07. The van der Waals surface area contributed by atoms with Gasteiger partial charge in [-0.3, -0.25) is 0 Å². The average molecular weight is 333 g/mol. The molecule has 0 atom stereocenters. The van der Waals surface area contributed by atoms with E-state index >= 15 is 0 Å². The van der Waals surface area contributed by atoms with Gasteiger partial charge in [-0.15, -0.1) is 11.3 Å². The summed E-state index contributed by atoms with van der Waals surface area (Å²) in [6.07, 6.45) is 2.50. The van der Waals surface area contributed by atoms with Crippen molar-refractivity contribution < 1.29 is 0 Å². The highest BCUT2D eigenvalue weighted by molar-refractivity contribution is 9.11.